The number of aromatic nitrogens is 4. The lowest BCUT2D eigenvalue weighted by Crippen LogP contribution is -2.35. The lowest BCUT2D eigenvalue weighted by molar-refractivity contribution is -0.134. The summed E-state index contributed by atoms with van der Waals surface area (Å²) < 4.78 is 3.57. The Morgan fingerprint density at radius 3 is 2.85 bits per heavy atom. The van der Waals surface area contributed by atoms with Gasteiger partial charge in [-0.3, -0.25) is 9.48 Å². The van der Waals surface area contributed by atoms with Gasteiger partial charge < -0.3 is 14.6 Å². The maximum Gasteiger partial charge on any atom is 0.356 e. The maximum absolute atomic E-state index is 13.1. The maximum atomic E-state index is 13.1. The predicted molar refractivity (Wildman–Crippen MR) is 93.7 cm³/mol. The van der Waals surface area contributed by atoms with E-state index in [9.17, 15) is 9.59 Å². The SMILES string of the molecule is C[C@@H](C(=O)N1CCCn2nc(C(=O)O)cc2C1)n1cnc2ccccc21. The Bertz CT molecular complexity index is 990. The molecule has 2 aromatic heterocycles. The second-order valence-corrected chi connectivity index (χ2v) is 6.48. The number of fused-ring (bicyclic) bond motifs is 2. The number of imidazole rings is 1. The molecule has 0 saturated carbocycles. The number of nitrogens with zero attached hydrogens (tertiary/aromatic N) is 5. The molecule has 134 valence electrons. The predicted octanol–water partition coefficient (Wildman–Crippen LogP) is 1.92. The number of hydrogen-bond donors (Lipinski definition) is 1. The summed E-state index contributed by atoms with van der Waals surface area (Å²) >= 11 is 0. The van der Waals surface area contributed by atoms with Crippen molar-refractivity contribution in [2.45, 2.75) is 32.5 Å². The van der Waals surface area contributed by atoms with Crippen molar-refractivity contribution in [3.05, 3.63) is 48.0 Å². The third-order valence-electron chi connectivity index (χ3n) is 4.80. The van der Waals surface area contributed by atoms with Gasteiger partial charge in [0.15, 0.2) is 5.69 Å². The van der Waals surface area contributed by atoms with E-state index >= 15 is 0 Å². The molecule has 8 nitrogen and oxygen atoms in total. The zero-order valence-electron chi connectivity index (χ0n) is 14.4. The second-order valence-electron chi connectivity index (χ2n) is 6.48. The third kappa shape index (κ3) is 2.73. The molecule has 3 heterocycles. The van der Waals surface area contributed by atoms with Gasteiger partial charge >= 0.3 is 5.97 Å². The van der Waals surface area contributed by atoms with Crippen molar-refractivity contribution in [2.75, 3.05) is 6.54 Å². The van der Waals surface area contributed by atoms with Crippen LogP contribution in [-0.4, -0.2) is 47.8 Å². The van der Waals surface area contributed by atoms with Gasteiger partial charge in [0.2, 0.25) is 5.91 Å². The summed E-state index contributed by atoms with van der Waals surface area (Å²) in [5.41, 5.74) is 2.53. The molecule has 4 rings (SSSR count). The first-order valence-corrected chi connectivity index (χ1v) is 8.55. The molecule has 0 saturated heterocycles. The fraction of sp³-hybridized carbons (Fsp3) is 0.333. The molecule has 1 aromatic carbocycles. The van der Waals surface area contributed by atoms with Crippen LogP contribution in [0.5, 0.6) is 0 Å². The molecule has 0 aliphatic carbocycles. The zero-order chi connectivity index (χ0) is 18.3. The van der Waals surface area contributed by atoms with Crippen LogP contribution in [0.1, 0.15) is 35.6 Å². The topological polar surface area (TPSA) is 93.3 Å². The standard InChI is InChI=1S/C18H19N5O3/c1-12(22-11-19-14-5-2-3-6-16(14)22)17(24)21-7-4-8-23-13(10-21)9-15(20-23)18(25)26/h2-3,5-6,9,11-12H,4,7-8,10H2,1H3,(H,25,26)/t12-/m0/s1. The Labute approximate surface area is 149 Å². The summed E-state index contributed by atoms with van der Waals surface area (Å²) in [7, 11) is 0. The number of amides is 1. The molecular formula is C18H19N5O3. The van der Waals surface area contributed by atoms with E-state index in [2.05, 4.69) is 10.1 Å². The van der Waals surface area contributed by atoms with Gasteiger partial charge in [0.25, 0.3) is 0 Å². The van der Waals surface area contributed by atoms with Crippen molar-refractivity contribution >= 4 is 22.9 Å². The van der Waals surface area contributed by atoms with Gasteiger partial charge in [-0.15, -0.1) is 0 Å². The summed E-state index contributed by atoms with van der Waals surface area (Å²) in [5, 5.41) is 13.2. The van der Waals surface area contributed by atoms with Crippen LogP contribution in [0.2, 0.25) is 0 Å². The summed E-state index contributed by atoms with van der Waals surface area (Å²) in [5.74, 6) is -1.07. The van der Waals surface area contributed by atoms with Crippen LogP contribution in [0, 0.1) is 0 Å². The molecule has 1 atom stereocenters. The molecule has 26 heavy (non-hydrogen) atoms. The Morgan fingerprint density at radius 1 is 1.23 bits per heavy atom. The molecule has 1 N–H and O–H groups in total. The normalized spacial score (nSPS) is 15.5. The number of benzene rings is 1. The summed E-state index contributed by atoms with van der Waals surface area (Å²) in [6.07, 6.45) is 2.43. The minimum absolute atomic E-state index is 0.0142. The number of carbonyl (C=O) groups excluding carboxylic acids is 1. The smallest absolute Gasteiger partial charge is 0.356 e. The van der Waals surface area contributed by atoms with Crippen molar-refractivity contribution in [3.8, 4) is 0 Å². The largest absolute Gasteiger partial charge is 0.476 e. The molecule has 8 heteroatoms. The number of para-hydroxylation sites is 2. The molecule has 1 amide bonds. The van der Waals surface area contributed by atoms with Crippen LogP contribution in [-0.2, 0) is 17.9 Å². The zero-order valence-corrected chi connectivity index (χ0v) is 14.4. The van der Waals surface area contributed by atoms with Crippen LogP contribution in [0.3, 0.4) is 0 Å². The molecule has 3 aromatic rings. The summed E-state index contributed by atoms with van der Waals surface area (Å²) in [4.78, 5) is 30.3. The molecule has 1 aliphatic rings. The first-order chi connectivity index (χ1) is 12.5. The van der Waals surface area contributed by atoms with Crippen molar-refractivity contribution < 1.29 is 14.7 Å². The molecule has 0 radical (unpaired) electrons. The van der Waals surface area contributed by atoms with E-state index in [0.29, 0.717) is 19.6 Å². The number of hydrogen-bond acceptors (Lipinski definition) is 4. The van der Waals surface area contributed by atoms with Crippen LogP contribution >= 0.6 is 0 Å². The molecule has 0 fully saturated rings. The quantitative estimate of drug-likeness (QED) is 0.776. The van der Waals surface area contributed by atoms with Gasteiger partial charge in [0.05, 0.1) is 29.6 Å². The number of carboxylic acid groups (broad SMARTS) is 1. The third-order valence-corrected chi connectivity index (χ3v) is 4.80. The van der Waals surface area contributed by atoms with Gasteiger partial charge in [-0.05, 0) is 31.5 Å². The van der Waals surface area contributed by atoms with Crippen molar-refractivity contribution in [2.24, 2.45) is 0 Å². The Morgan fingerprint density at radius 2 is 2.04 bits per heavy atom. The van der Waals surface area contributed by atoms with Gasteiger partial charge in [-0.2, -0.15) is 5.10 Å². The highest BCUT2D eigenvalue weighted by Gasteiger charge is 2.26. The monoisotopic (exact) mass is 353 g/mol. The minimum atomic E-state index is -1.05. The number of aromatic carboxylic acids is 1. The van der Waals surface area contributed by atoms with E-state index in [1.165, 1.54) is 0 Å². The highest BCUT2D eigenvalue weighted by molar-refractivity contribution is 5.86. The van der Waals surface area contributed by atoms with Crippen LogP contribution in [0.25, 0.3) is 11.0 Å². The second kappa shape index (κ2) is 6.29. The van der Waals surface area contributed by atoms with Crippen molar-refractivity contribution in [1.29, 1.82) is 0 Å². The van der Waals surface area contributed by atoms with Gasteiger partial charge in [-0.25, -0.2) is 9.78 Å². The lowest BCUT2D eigenvalue weighted by Gasteiger charge is -2.24. The highest BCUT2D eigenvalue weighted by Crippen LogP contribution is 2.21. The average Bonchev–Trinajstić information content (AvgIpc) is 3.19. The summed E-state index contributed by atoms with van der Waals surface area (Å²) in [6.45, 7) is 3.44. The molecule has 0 unspecified atom stereocenters. The van der Waals surface area contributed by atoms with E-state index in [-0.39, 0.29) is 11.6 Å². The van der Waals surface area contributed by atoms with Crippen LogP contribution in [0.15, 0.2) is 36.7 Å². The van der Waals surface area contributed by atoms with E-state index in [0.717, 1.165) is 23.1 Å². The van der Waals surface area contributed by atoms with Crippen LogP contribution < -0.4 is 0 Å². The average molecular weight is 353 g/mol. The Kier molecular flexibility index (Phi) is 3.95. The molecule has 1 aliphatic heterocycles. The number of carbonyl (C=O) groups is 2. The highest BCUT2D eigenvalue weighted by atomic mass is 16.4. The van der Waals surface area contributed by atoms with Crippen LogP contribution in [0.4, 0.5) is 0 Å². The first-order valence-electron chi connectivity index (χ1n) is 8.55. The Balaban J connectivity index is 1.60. The van der Waals surface area contributed by atoms with Crippen molar-refractivity contribution in [3.63, 3.8) is 0 Å². The fourth-order valence-corrected chi connectivity index (χ4v) is 3.43. The van der Waals surface area contributed by atoms with Crippen molar-refractivity contribution in [1.82, 2.24) is 24.2 Å². The molecular weight excluding hydrogens is 334 g/mol. The lowest BCUT2D eigenvalue weighted by atomic mass is 10.2. The van der Waals surface area contributed by atoms with Gasteiger partial charge in [0.1, 0.15) is 6.04 Å². The van der Waals surface area contributed by atoms with Gasteiger partial charge in [-0.1, -0.05) is 12.1 Å². The first kappa shape index (κ1) is 16.3. The van der Waals surface area contributed by atoms with E-state index in [1.54, 1.807) is 22.0 Å². The number of carboxylic acids is 1. The van der Waals surface area contributed by atoms with E-state index in [4.69, 9.17) is 5.11 Å². The van der Waals surface area contributed by atoms with Gasteiger partial charge in [0, 0.05) is 13.1 Å². The molecule has 0 spiro atoms. The van der Waals surface area contributed by atoms with E-state index < -0.39 is 12.0 Å². The number of aryl methyl sites for hydroxylation is 1. The molecule has 0 bridgehead atoms. The fourth-order valence-electron chi connectivity index (χ4n) is 3.43. The summed E-state index contributed by atoms with van der Waals surface area (Å²) in [6, 6.07) is 8.86. The van der Waals surface area contributed by atoms with E-state index in [1.807, 2.05) is 35.8 Å². The minimum Gasteiger partial charge on any atom is -0.476 e. The Hall–Kier alpha value is -3.16. The number of rotatable bonds is 3.